The predicted molar refractivity (Wildman–Crippen MR) is 62.7 cm³/mol. The molecule has 94 valence electrons. The van der Waals surface area contributed by atoms with Crippen molar-refractivity contribution < 1.29 is 9.90 Å². The summed E-state index contributed by atoms with van der Waals surface area (Å²) < 4.78 is 1.59. The summed E-state index contributed by atoms with van der Waals surface area (Å²) in [4.78, 5) is 14.6. The second-order valence-electron chi connectivity index (χ2n) is 3.91. The van der Waals surface area contributed by atoms with E-state index in [2.05, 4.69) is 20.5 Å². The van der Waals surface area contributed by atoms with Crippen molar-refractivity contribution in [1.29, 1.82) is 0 Å². The Hall–Kier alpha value is -2.31. The first kappa shape index (κ1) is 12.2. The van der Waals surface area contributed by atoms with Crippen LogP contribution < -0.4 is 0 Å². The summed E-state index contributed by atoms with van der Waals surface area (Å²) in [5, 5.41) is 20.0. The van der Waals surface area contributed by atoms with Crippen LogP contribution in [0.5, 0.6) is 0 Å². The van der Waals surface area contributed by atoms with Gasteiger partial charge in [0.2, 0.25) is 0 Å². The molecule has 0 fully saturated rings. The van der Waals surface area contributed by atoms with E-state index < -0.39 is 5.97 Å². The van der Waals surface area contributed by atoms with Crippen LogP contribution in [-0.4, -0.2) is 36.3 Å². The van der Waals surface area contributed by atoms with E-state index in [1.54, 1.807) is 10.9 Å². The molecule has 2 aromatic heterocycles. The van der Waals surface area contributed by atoms with Crippen LogP contribution >= 0.6 is 0 Å². The molecule has 0 aliphatic carbocycles. The molecule has 7 nitrogen and oxygen atoms in total. The normalized spacial score (nSPS) is 10.5. The molecule has 0 aliphatic rings. The van der Waals surface area contributed by atoms with Gasteiger partial charge in [0.05, 0.1) is 0 Å². The number of pyridine rings is 1. The van der Waals surface area contributed by atoms with Gasteiger partial charge in [0, 0.05) is 30.4 Å². The third-order valence-corrected chi connectivity index (χ3v) is 2.46. The van der Waals surface area contributed by atoms with Crippen LogP contribution in [0.4, 0.5) is 0 Å². The van der Waals surface area contributed by atoms with Gasteiger partial charge in [-0.05, 0) is 35.9 Å². The lowest BCUT2D eigenvalue weighted by Crippen LogP contribution is -2.05. The van der Waals surface area contributed by atoms with E-state index in [1.165, 1.54) is 0 Å². The monoisotopic (exact) mass is 247 g/mol. The summed E-state index contributed by atoms with van der Waals surface area (Å²) in [6, 6.07) is 3.77. The van der Waals surface area contributed by atoms with Crippen molar-refractivity contribution in [1.82, 2.24) is 25.2 Å². The lowest BCUT2D eigenvalue weighted by Gasteiger charge is -2.03. The molecule has 0 saturated carbocycles. The summed E-state index contributed by atoms with van der Waals surface area (Å²) in [5.74, 6) is -0.213. The van der Waals surface area contributed by atoms with Gasteiger partial charge in [-0.15, -0.1) is 5.10 Å². The van der Waals surface area contributed by atoms with E-state index in [0.717, 1.165) is 11.3 Å². The molecule has 0 spiro atoms. The Labute approximate surface area is 103 Å². The molecule has 0 aliphatic heterocycles. The van der Waals surface area contributed by atoms with Gasteiger partial charge in [-0.2, -0.15) is 0 Å². The van der Waals surface area contributed by atoms with Crippen molar-refractivity contribution >= 4 is 5.97 Å². The Kier molecular flexibility index (Phi) is 3.61. The number of carboxylic acid groups (broad SMARTS) is 1. The van der Waals surface area contributed by atoms with Crippen molar-refractivity contribution in [3.05, 3.63) is 24.0 Å². The van der Waals surface area contributed by atoms with Gasteiger partial charge in [0.15, 0.2) is 5.82 Å². The van der Waals surface area contributed by atoms with E-state index in [-0.39, 0.29) is 6.42 Å². The van der Waals surface area contributed by atoms with Crippen LogP contribution in [0, 0.1) is 6.92 Å². The molecule has 0 atom stereocenters. The molecular weight excluding hydrogens is 234 g/mol. The zero-order valence-corrected chi connectivity index (χ0v) is 9.94. The topological polar surface area (TPSA) is 93.8 Å². The maximum absolute atomic E-state index is 10.4. The fourth-order valence-electron chi connectivity index (χ4n) is 1.54. The maximum Gasteiger partial charge on any atom is 0.303 e. The molecule has 7 heteroatoms. The van der Waals surface area contributed by atoms with Crippen LogP contribution in [0.3, 0.4) is 0 Å². The first-order valence-corrected chi connectivity index (χ1v) is 5.58. The summed E-state index contributed by atoms with van der Waals surface area (Å²) in [6.07, 6.45) is 2.30. The summed E-state index contributed by atoms with van der Waals surface area (Å²) >= 11 is 0. The number of nitrogens with zero attached hydrogens (tertiary/aromatic N) is 5. The zero-order chi connectivity index (χ0) is 13.0. The van der Waals surface area contributed by atoms with Gasteiger partial charge in [-0.3, -0.25) is 9.78 Å². The zero-order valence-electron chi connectivity index (χ0n) is 9.94. The Morgan fingerprint density at radius 3 is 2.94 bits per heavy atom. The average Bonchev–Trinajstić information content (AvgIpc) is 2.78. The quantitative estimate of drug-likeness (QED) is 0.843. The minimum atomic E-state index is -0.818. The molecule has 18 heavy (non-hydrogen) atoms. The standard InChI is InChI=1S/C11H13N5O2/c1-8-4-5-9(7-12-8)11-13-14-15-16(11)6-2-3-10(17)18/h4-5,7H,2-3,6H2,1H3,(H,17,18). The highest BCUT2D eigenvalue weighted by atomic mass is 16.4. The summed E-state index contributed by atoms with van der Waals surface area (Å²) in [5.41, 5.74) is 1.74. The Balaban J connectivity index is 2.12. The largest absolute Gasteiger partial charge is 0.481 e. The SMILES string of the molecule is Cc1ccc(-c2nnnn2CCCC(=O)O)cn1. The van der Waals surface area contributed by atoms with Crippen LogP contribution in [0.1, 0.15) is 18.5 Å². The second-order valence-corrected chi connectivity index (χ2v) is 3.91. The lowest BCUT2D eigenvalue weighted by atomic mass is 10.2. The number of aliphatic carboxylic acids is 1. The Bertz CT molecular complexity index is 535. The minimum Gasteiger partial charge on any atom is -0.481 e. The first-order valence-electron chi connectivity index (χ1n) is 5.58. The van der Waals surface area contributed by atoms with Gasteiger partial charge < -0.3 is 5.11 Å². The fraction of sp³-hybridized carbons (Fsp3) is 0.364. The molecule has 0 bridgehead atoms. The van der Waals surface area contributed by atoms with Crippen LogP contribution in [0.2, 0.25) is 0 Å². The third-order valence-electron chi connectivity index (χ3n) is 2.46. The molecule has 0 saturated heterocycles. The molecule has 0 unspecified atom stereocenters. The average molecular weight is 247 g/mol. The molecule has 2 rings (SSSR count). The van der Waals surface area contributed by atoms with E-state index in [9.17, 15) is 4.79 Å². The van der Waals surface area contributed by atoms with Crippen molar-refractivity contribution in [3.63, 3.8) is 0 Å². The van der Waals surface area contributed by atoms with Crippen LogP contribution in [-0.2, 0) is 11.3 Å². The number of hydrogen-bond acceptors (Lipinski definition) is 5. The van der Waals surface area contributed by atoms with Crippen molar-refractivity contribution in [2.45, 2.75) is 26.3 Å². The maximum atomic E-state index is 10.4. The van der Waals surface area contributed by atoms with Crippen LogP contribution in [0.25, 0.3) is 11.4 Å². The van der Waals surface area contributed by atoms with Crippen LogP contribution in [0.15, 0.2) is 18.3 Å². The molecule has 0 amide bonds. The van der Waals surface area contributed by atoms with Crippen molar-refractivity contribution in [2.24, 2.45) is 0 Å². The number of aryl methyl sites for hydroxylation is 2. The van der Waals surface area contributed by atoms with Crippen molar-refractivity contribution in [3.8, 4) is 11.4 Å². The molecule has 2 heterocycles. The summed E-state index contributed by atoms with van der Waals surface area (Å²) in [7, 11) is 0. The van der Waals surface area contributed by atoms with E-state index in [1.807, 2.05) is 19.1 Å². The molecule has 0 aromatic carbocycles. The van der Waals surface area contributed by atoms with Gasteiger partial charge in [-0.25, -0.2) is 4.68 Å². The highest BCUT2D eigenvalue weighted by Gasteiger charge is 2.09. The van der Waals surface area contributed by atoms with E-state index >= 15 is 0 Å². The number of carboxylic acids is 1. The highest BCUT2D eigenvalue weighted by Crippen LogP contribution is 2.14. The first-order chi connectivity index (χ1) is 8.66. The molecular formula is C11H13N5O2. The Morgan fingerprint density at radius 1 is 1.44 bits per heavy atom. The summed E-state index contributed by atoms with van der Waals surface area (Å²) in [6.45, 7) is 2.38. The van der Waals surface area contributed by atoms with E-state index in [4.69, 9.17) is 5.11 Å². The Morgan fingerprint density at radius 2 is 2.28 bits per heavy atom. The van der Waals surface area contributed by atoms with Gasteiger partial charge in [0.25, 0.3) is 0 Å². The minimum absolute atomic E-state index is 0.103. The number of carbonyl (C=O) groups is 1. The number of tetrazole rings is 1. The van der Waals surface area contributed by atoms with Gasteiger partial charge >= 0.3 is 5.97 Å². The molecule has 0 radical (unpaired) electrons. The van der Waals surface area contributed by atoms with Gasteiger partial charge in [-0.1, -0.05) is 0 Å². The molecule has 1 N–H and O–H groups in total. The number of rotatable bonds is 5. The number of aromatic nitrogens is 5. The smallest absolute Gasteiger partial charge is 0.303 e. The van der Waals surface area contributed by atoms with Gasteiger partial charge in [0.1, 0.15) is 0 Å². The number of hydrogen-bond donors (Lipinski definition) is 1. The third kappa shape index (κ3) is 2.88. The predicted octanol–water partition coefficient (Wildman–Crippen LogP) is 0.908. The molecule has 2 aromatic rings. The lowest BCUT2D eigenvalue weighted by molar-refractivity contribution is -0.137. The highest BCUT2D eigenvalue weighted by molar-refractivity contribution is 5.66. The second kappa shape index (κ2) is 5.35. The van der Waals surface area contributed by atoms with E-state index in [0.29, 0.717) is 18.8 Å². The van der Waals surface area contributed by atoms with Crippen molar-refractivity contribution in [2.75, 3.05) is 0 Å². The fourth-order valence-corrected chi connectivity index (χ4v) is 1.54.